The molecule has 1 fully saturated rings. The van der Waals surface area contributed by atoms with Crippen molar-refractivity contribution in [3.8, 4) is 0 Å². The van der Waals surface area contributed by atoms with Crippen LogP contribution >= 0.6 is 11.3 Å². The van der Waals surface area contributed by atoms with E-state index in [1.54, 1.807) is 14.1 Å². The quantitative estimate of drug-likeness (QED) is 0.804. The van der Waals surface area contributed by atoms with Crippen LogP contribution in [0.1, 0.15) is 29.0 Å². The fraction of sp³-hybridized carbons (Fsp3) is 0.438. The number of benzene rings is 1. The molecule has 1 saturated heterocycles. The number of aryl methyl sites for hydroxylation is 1. The standard InChI is InChI=1S/C16H21N3O2S2/c1-14-16(22-13-17-14)12-19(11-15-7-3-2-4-8-15)23(20,21)18-9-5-6-10-18/h2-4,7-8,13H,5-6,9-12H2,1H3. The zero-order chi connectivity index (χ0) is 16.3. The Balaban J connectivity index is 1.87. The summed E-state index contributed by atoms with van der Waals surface area (Å²) in [6, 6.07) is 9.75. The molecule has 7 heteroatoms. The molecule has 124 valence electrons. The molecule has 1 aromatic heterocycles. The van der Waals surface area contributed by atoms with E-state index in [2.05, 4.69) is 4.98 Å². The minimum absolute atomic E-state index is 0.379. The Kier molecular flexibility index (Phi) is 5.11. The number of aromatic nitrogens is 1. The second-order valence-electron chi connectivity index (χ2n) is 5.73. The molecule has 0 aliphatic carbocycles. The molecule has 0 unspecified atom stereocenters. The van der Waals surface area contributed by atoms with E-state index >= 15 is 0 Å². The molecular weight excluding hydrogens is 330 g/mol. The first kappa shape index (κ1) is 16.6. The summed E-state index contributed by atoms with van der Waals surface area (Å²) in [5.74, 6) is 0. The maximum absolute atomic E-state index is 13.0. The van der Waals surface area contributed by atoms with Gasteiger partial charge in [-0.2, -0.15) is 17.0 Å². The molecule has 2 heterocycles. The lowest BCUT2D eigenvalue weighted by molar-refractivity contribution is 0.351. The summed E-state index contributed by atoms with van der Waals surface area (Å²) in [5, 5.41) is 0. The first-order chi connectivity index (χ1) is 11.1. The Morgan fingerprint density at radius 1 is 1.17 bits per heavy atom. The zero-order valence-corrected chi connectivity index (χ0v) is 14.8. The number of hydrogen-bond donors (Lipinski definition) is 0. The molecule has 1 aliphatic heterocycles. The second-order valence-corrected chi connectivity index (χ2v) is 8.60. The molecule has 5 nitrogen and oxygen atoms in total. The number of hydrogen-bond acceptors (Lipinski definition) is 4. The third kappa shape index (κ3) is 3.80. The first-order valence-electron chi connectivity index (χ1n) is 7.75. The van der Waals surface area contributed by atoms with Gasteiger partial charge in [-0.25, -0.2) is 4.98 Å². The third-order valence-corrected chi connectivity index (χ3v) is 6.93. The zero-order valence-electron chi connectivity index (χ0n) is 13.2. The molecule has 0 spiro atoms. The predicted molar refractivity (Wildman–Crippen MR) is 92.3 cm³/mol. The highest BCUT2D eigenvalue weighted by atomic mass is 32.2. The monoisotopic (exact) mass is 351 g/mol. The van der Waals surface area contributed by atoms with Crippen LogP contribution in [0.2, 0.25) is 0 Å². The Bertz CT molecular complexity index is 738. The third-order valence-electron chi connectivity index (χ3n) is 4.08. The second kappa shape index (κ2) is 7.09. The van der Waals surface area contributed by atoms with E-state index < -0.39 is 10.2 Å². The predicted octanol–water partition coefficient (Wildman–Crippen LogP) is 2.79. The minimum Gasteiger partial charge on any atom is -0.250 e. The van der Waals surface area contributed by atoms with Gasteiger partial charge in [-0.15, -0.1) is 11.3 Å². The van der Waals surface area contributed by atoms with Crippen molar-refractivity contribution in [2.45, 2.75) is 32.9 Å². The summed E-state index contributed by atoms with van der Waals surface area (Å²) in [6.07, 6.45) is 1.88. The molecule has 1 aromatic carbocycles. The Labute approximate surface area is 141 Å². The van der Waals surface area contributed by atoms with Gasteiger partial charge in [0, 0.05) is 24.5 Å². The van der Waals surface area contributed by atoms with Gasteiger partial charge in [0.2, 0.25) is 0 Å². The Morgan fingerprint density at radius 2 is 1.87 bits per heavy atom. The topological polar surface area (TPSA) is 53.5 Å². The molecule has 2 aromatic rings. The summed E-state index contributed by atoms with van der Waals surface area (Å²) >= 11 is 1.51. The molecule has 0 radical (unpaired) electrons. The van der Waals surface area contributed by atoms with Crippen molar-refractivity contribution >= 4 is 21.5 Å². The fourth-order valence-corrected chi connectivity index (χ4v) is 5.25. The largest absolute Gasteiger partial charge is 0.282 e. The van der Waals surface area contributed by atoms with Crippen LogP contribution in [0.3, 0.4) is 0 Å². The van der Waals surface area contributed by atoms with Crippen LogP contribution in [0.4, 0.5) is 0 Å². The highest BCUT2D eigenvalue weighted by Gasteiger charge is 2.32. The lowest BCUT2D eigenvalue weighted by Gasteiger charge is -2.27. The van der Waals surface area contributed by atoms with Crippen LogP contribution in [-0.4, -0.2) is 35.1 Å². The number of rotatable bonds is 6. The van der Waals surface area contributed by atoms with Crippen molar-refractivity contribution in [2.24, 2.45) is 0 Å². The van der Waals surface area contributed by atoms with Crippen LogP contribution in [0.5, 0.6) is 0 Å². The molecule has 0 atom stereocenters. The molecule has 0 amide bonds. The van der Waals surface area contributed by atoms with Crippen molar-refractivity contribution < 1.29 is 8.42 Å². The van der Waals surface area contributed by atoms with Crippen LogP contribution in [0, 0.1) is 6.92 Å². The highest BCUT2D eigenvalue weighted by molar-refractivity contribution is 7.86. The van der Waals surface area contributed by atoms with E-state index in [1.165, 1.54) is 11.3 Å². The van der Waals surface area contributed by atoms with Crippen LogP contribution in [0.25, 0.3) is 0 Å². The first-order valence-corrected chi connectivity index (χ1v) is 10.0. The molecule has 3 rings (SSSR count). The lowest BCUT2D eigenvalue weighted by atomic mass is 10.2. The number of nitrogens with zero attached hydrogens (tertiary/aromatic N) is 3. The van der Waals surface area contributed by atoms with Gasteiger partial charge in [0.1, 0.15) is 0 Å². The van der Waals surface area contributed by atoms with Gasteiger partial charge in [-0.3, -0.25) is 0 Å². The summed E-state index contributed by atoms with van der Waals surface area (Å²) in [5.41, 5.74) is 3.68. The maximum atomic E-state index is 13.0. The Morgan fingerprint density at radius 3 is 2.48 bits per heavy atom. The summed E-state index contributed by atoms with van der Waals surface area (Å²) in [7, 11) is -3.45. The van der Waals surface area contributed by atoms with E-state index in [4.69, 9.17) is 0 Å². The van der Waals surface area contributed by atoms with Crippen molar-refractivity contribution in [1.29, 1.82) is 0 Å². The van der Waals surface area contributed by atoms with Crippen molar-refractivity contribution in [2.75, 3.05) is 13.1 Å². The van der Waals surface area contributed by atoms with Crippen molar-refractivity contribution in [1.82, 2.24) is 13.6 Å². The van der Waals surface area contributed by atoms with E-state index in [1.807, 2.05) is 37.3 Å². The summed E-state index contributed by atoms with van der Waals surface area (Å²) < 4.78 is 29.2. The summed E-state index contributed by atoms with van der Waals surface area (Å²) in [6.45, 7) is 3.93. The SMILES string of the molecule is Cc1ncsc1CN(Cc1ccccc1)S(=O)(=O)N1CCCC1. The van der Waals surface area contributed by atoms with Gasteiger partial charge in [-0.05, 0) is 25.3 Å². The Hall–Kier alpha value is -1.28. The molecule has 0 bridgehead atoms. The molecular formula is C16H21N3O2S2. The average Bonchev–Trinajstić information content (AvgIpc) is 3.20. The van der Waals surface area contributed by atoms with Gasteiger partial charge < -0.3 is 0 Å². The number of thiazole rings is 1. The van der Waals surface area contributed by atoms with E-state index in [0.29, 0.717) is 26.2 Å². The van der Waals surface area contributed by atoms with Crippen LogP contribution in [-0.2, 0) is 23.3 Å². The maximum Gasteiger partial charge on any atom is 0.282 e. The fourth-order valence-electron chi connectivity index (χ4n) is 2.73. The molecule has 0 N–H and O–H groups in total. The average molecular weight is 351 g/mol. The van der Waals surface area contributed by atoms with Crippen LogP contribution < -0.4 is 0 Å². The lowest BCUT2D eigenvalue weighted by Crippen LogP contribution is -2.41. The van der Waals surface area contributed by atoms with E-state index in [-0.39, 0.29) is 0 Å². The van der Waals surface area contributed by atoms with E-state index in [0.717, 1.165) is 29.0 Å². The van der Waals surface area contributed by atoms with Gasteiger partial charge in [0.25, 0.3) is 10.2 Å². The summed E-state index contributed by atoms with van der Waals surface area (Å²) in [4.78, 5) is 5.24. The molecule has 23 heavy (non-hydrogen) atoms. The van der Waals surface area contributed by atoms with Gasteiger partial charge in [0.05, 0.1) is 17.7 Å². The van der Waals surface area contributed by atoms with Crippen molar-refractivity contribution in [3.05, 3.63) is 52.0 Å². The minimum atomic E-state index is -3.45. The normalized spacial score (nSPS) is 16.3. The van der Waals surface area contributed by atoms with Gasteiger partial charge >= 0.3 is 0 Å². The van der Waals surface area contributed by atoms with Crippen LogP contribution in [0.15, 0.2) is 35.8 Å². The van der Waals surface area contributed by atoms with E-state index in [9.17, 15) is 8.42 Å². The smallest absolute Gasteiger partial charge is 0.250 e. The van der Waals surface area contributed by atoms with Gasteiger partial charge in [0.15, 0.2) is 0 Å². The van der Waals surface area contributed by atoms with Gasteiger partial charge in [-0.1, -0.05) is 30.3 Å². The molecule has 0 saturated carbocycles. The van der Waals surface area contributed by atoms with Crippen molar-refractivity contribution in [3.63, 3.8) is 0 Å². The highest BCUT2D eigenvalue weighted by Crippen LogP contribution is 2.23. The molecule has 1 aliphatic rings.